The van der Waals surface area contributed by atoms with Crippen LogP contribution in [0.1, 0.15) is 38.0 Å². The number of aromatic nitrogens is 2. The maximum absolute atomic E-state index is 12.7. The van der Waals surface area contributed by atoms with Crippen molar-refractivity contribution in [3.63, 3.8) is 0 Å². The summed E-state index contributed by atoms with van der Waals surface area (Å²) >= 11 is 6.23. The van der Waals surface area contributed by atoms with E-state index >= 15 is 0 Å². The molecular formula is C27H32ClN5O4. The fourth-order valence-electron chi connectivity index (χ4n) is 4.55. The summed E-state index contributed by atoms with van der Waals surface area (Å²) in [5.41, 5.74) is 3.58. The molecule has 3 heterocycles. The Balaban J connectivity index is 2.18. The lowest BCUT2D eigenvalue weighted by Gasteiger charge is -2.28. The van der Waals surface area contributed by atoms with Crippen molar-refractivity contribution in [3.05, 3.63) is 59.0 Å². The molecule has 0 fully saturated rings. The Morgan fingerprint density at radius 3 is 2.35 bits per heavy atom. The highest BCUT2D eigenvalue weighted by Gasteiger charge is 2.35. The predicted molar refractivity (Wildman–Crippen MR) is 148 cm³/mol. The quantitative estimate of drug-likeness (QED) is 0.208. The van der Waals surface area contributed by atoms with E-state index < -0.39 is 17.7 Å². The molecule has 0 aliphatic heterocycles. The molecule has 0 saturated heterocycles. The van der Waals surface area contributed by atoms with Gasteiger partial charge in [0.25, 0.3) is 0 Å². The van der Waals surface area contributed by atoms with Gasteiger partial charge in [-0.3, -0.25) is 0 Å². The molecule has 0 saturated carbocycles. The number of carbonyl (C=O) groups is 1. The first kappa shape index (κ1) is 26.4. The summed E-state index contributed by atoms with van der Waals surface area (Å²) in [6.45, 7) is 5.97. The molecule has 0 aliphatic carbocycles. The molecule has 0 amide bonds. The number of pyridine rings is 1. The summed E-state index contributed by atoms with van der Waals surface area (Å²) < 4.78 is 13.5. The predicted octanol–water partition coefficient (Wildman–Crippen LogP) is 6.06. The minimum Gasteiger partial charge on any atom is -0.479 e. The highest BCUT2D eigenvalue weighted by atomic mass is 35.5. The van der Waals surface area contributed by atoms with Crippen LogP contribution in [0.4, 0.5) is 17.3 Å². The number of aliphatic carboxylic acids is 1. The third kappa shape index (κ3) is 5.10. The van der Waals surface area contributed by atoms with Crippen LogP contribution in [0, 0.1) is 0 Å². The number of rotatable bonds is 9. The zero-order valence-corrected chi connectivity index (χ0v) is 22.5. The molecule has 0 radical (unpaired) electrons. The van der Waals surface area contributed by atoms with Crippen LogP contribution in [0.5, 0.6) is 0 Å². The molecule has 4 aromatic rings. The highest BCUT2D eigenvalue weighted by Crippen LogP contribution is 2.47. The van der Waals surface area contributed by atoms with E-state index in [1.807, 2.05) is 57.6 Å². The molecule has 1 aromatic carbocycles. The number of hydrogen-bond acceptors (Lipinski definition) is 7. The number of anilines is 3. The topological polar surface area (TPSA) is 114 Å². The Kier molecular flexibility index (Phi) is 7.38. The van der Waals surface area contributed by atoms with E-state index in [4.69, 9.17) is 25.7 Å². The lowest BCUT2D eigenvalue weighted by molar-refractivity contribution is -0.160. The first-order chi connectivity index (χ1) is 17.6. The number of carboxylic acid groups (broad SMARTS) is 1. The van der Waals surface area contributed by atoms with Gasteiger partial charge in [-0.1, -0.05) is 23.7 Å². The van der Waals surface area contributed by atoms with Gasteiger partial charge in [0.15, 0.2) is 6.10 Å². The van der Waals surface area contributed by atoms with E-state index in [1.54, 1.807) is 31.7 Å². The molecule has 3 aromatic heterocycles. The number of nitrogens with one attached hydrogen (secondary N) is 3. The van der Waals surface area contributed by atoms with E-state index in [1.165, 1.54) is 0 Å². The van der Waals surface area contributed by atoms with Crippen molar-refractivity contribution >= 4 is 45.9 Å². The summed E-state index contributed by atoms with van der Waals surface area (Å²) in [7, 11) is 5.39. The standard InChI is InChI=1S/C27H32ClN5O4/c1-27(2,3)37-22(26(34)35)20-18(16-7-9-17(28)10-8-16)19-21(29-4)25(31-6)33(13-15-11-12-36-14-15)24(19)32-23(20)30-5/h7-12,14,22,29,31H,13H2,1-6H3,(H,30,32)(H,34,35)/t22-/m0/s1. The smallest absolute Gasteiger partial charge is 0.337 e. The fourth-order valence-corrected chi connectivity index (χ4v) is 4.68. The van der Waals surface area contributed by atoms with E-state index in [-0.39, 0.29) is 0 Å². The second-order valence-corrected chi connectivity index (χ2v) is 10.0. The van der Waals surface area contributed by atoms with Crippen LogP contribution in [-0.4, -0.2) is 47.4 Å². The van der Waals surface area contributed by atoms with Crippen LogP contribution in [0.2, 0.25) is 5.02 Å². The monoisotopic (exact) mass is 525 g/mol. The molecule has 37 heavy (non-hydrogen) atoms. The molecule has 10 heteroatoms. The maximum Gasteiger partial charge on any atom is 0.337 e. The van der Waals surface area contributed by atoms with Gasteiger partial charge in [-0.05, 0) is 44.5 Å². The SMILES string of the molecule is CNc1nc2c(c(NC)c(NC)n2Cc2ccoc2)c(-c2ccc(Cl)cc2)c1[C@H](OC(C)(C)C)C(=O)O. The summed E-state index contributed by atoms with van der Waals surface area (Å²) in [6.07, 6.45) is 2.03. The molecule has 0 unspecified atom stereocenters. The van der Waals surface area contributed by atoms with Crippen molar-refractivity contribution in [1.29, 1.82) is 0 Å². The van der Waals surface area contributed by atoms with Crippen molar-refractivity contribution in [2.45, 2.75) is 39.0 Å². The average molecular weight is 526 g/mol. The van der Waals surface area contributed by atoms with Gasteiger partial charge < -0.3 is 34.8 Å². The van der Waals surface area contributed by atoms with E-state index in [9.17, 15) is 9.90 Å². The van der Waals surface area contributed by atoms with Gasteiger partial charge in [-0.2, -0.15) is 0 Å². The van der Waals surface area contributed by atoms with E-state index in [2.05, 4.69) is 16.0 Å². The van der Waals surface area contributed by atoms with Crippen molar-refractivity contribution in [2.75, 3.05) is 37.1 Å². The molecule has 1 atom stereocenters. The summed E-state index contributed by atoms with van der Waals surface area (Å²) in [4.78, 5) is 17.6. The zero-order valence-electron chi connectivity index (χ0n) is 21.8. The van der Waals surface area contributed by atoms with Gasteiger partial charge in [0.2, 0.25) is 0 Å². The van der Waals surface area contributed by atoms with Gasteiger partial charge in [-0.15, -0.1) is 0 Å². The van der Waals surface area contributed by atoms with E-state index in [0.717, 1.165) is 28.0 Å². The van der Waals surface area contributed by atoms with Crippen LogP contribution in [-0.2, 0) is 16.1 Å². The number of carboxylic acids is 1. The van der Waals surface area contributed by atoms with Gasteiger partial charge in [0.1, 0.15) is 17.3 Å². The Hall–Kier alpha value is -3.69. The average Bonchev–Trinajstić information content (AvgIpc) is 3.47. The normalized spacial score (nSPS) is 12.5. The molecule has 196 valence electrons. The van der Waals surface area contributed by atoms with Crippen molar-refractivity contribution in [3.8, 4) is 11.1 Å². The molecule has 4 N–H and O–H groups in total. The number of fused-ring (bicyclic) bond motifs is 1. The minimum atomic E-state index is -1.29. The number of nitrogens with zero attached hydrogens (tertiary/aromatic N) is 2. The highest BCUT2D eigenvalue weighted by molar-refractivity contribution is 6.30. The molecule has 0 aliphatic rings. The van der Waals surface area contributed by atoms with Crippen LogP contribution in [0.25, 0.3) is 22.2 Å². The Morgan fingerprint density at radius 1 is 1.14 bits per heavy atom. The van der Waals surface area contributed by atoms with Crippen LogP contribution >= 0.6 is 11.6 Å². The third-order valence-corrected chi connectivity index (χ3v) is 6.22. The molecule has 0 bridgehead atoms. The fraction of sp³-hybridized carbons (Fsp3) is 0.333. The summed E-state index contributed by atoms with van der Waals surface area (Å²) in [5.74, 6) is 0.0926. The lowest BCUT2D eigenvalue weighted by atomic mass is 9.93. The molecule has 9 nitrogen and oxygen atoms in total. The largest absolute Gasteiger partial charge is 0.479 e. The molecule has 4 rings (SSSR count). The number of benzene rings is 1. The Labute approximate surface area is 220 Å². The van der Waals surface area contributed by atoms with Gasteiger partial charge >= 0.3 is 5.97 Å². The number of hydrogen-bond donors (Lipinski definition) is 4. The first-order valence-corrected chi connectivity index (χ1v) is 12.3. The molecular weight excluding hydrogens is 494 g/mol. The van der Waals surface area contributed by atoms with Gasteiger partial charge in [0, 0.05) is 42.9 Å². The van der Waals surface area contributed by atoms with Crippen LogP contribution in [0.3, 0.4) is 0 Å². The number of furan rings is 1. The van der Waals surface area contributed by atoms with Gasteiger partial charge in [-0.25, -0.2) is 9.78 Å². The number of halogens is 1. The number of ether oxygens (including phenoxy) is 1. The van der Waals surface area contributed by atoms with Crippen molar-refractivity contribution in [2.24, 2.45) is 0 Å². The van der Waals surface area contributed by atoms with Crippen LogP contribution in [0.15, 0.2) is 47.3 Å². The molecule has 0 spiro atoms. The zero-order chi connectivity index (χ0) is 26.9. The minimum absolute atomic E-state index is 0.408. The van der Waals surface area contributed by atoms with Crippen molar-refractivity contribution in [1.82, 2.24) is 9.55 Å². The first-order valence-electron chi connectivity index (χ1n) is 11.9. The van der Waals surface area contributed by atoms with Crippen molar-refractivity contribution < 1.29 is 19.1 Å². The summed E-state index contributed by atoms with van der Waals surface area (Å²) in [5, 5.41) is 21.4. The Bertz CT molecular complexity index is 1410. The van der Waals surface area contributed by atoms with Crippen LogP contribution < -0.4 is 16.0 Å². The summed E-state index contributed by atoms with van der Waals surface area (Å²) in [6, 6.07) is 9.22. The Morgan fingerprint density at radius 2 is 1.84 bits per heavy atom. The lowest BCUT2D eigenvalue weighted by Crippen LogP contribution is -2.28. The second-order valence-electron chi connectivity index (χ2n) is 9.59. The van der Waals surface area contributed by atoms with E-state index in [0.29, 0.717) is 34.2 Å². The second kappa shape index (κ2) is 10.4. The third-order valence-electron chi connectivity index (χ3n) is 5.96. The maximum atomic E-state index is 12.7. The van der Waals surface area contributed by atoms with Gasteiger partial charge in [0.05, 0.1) is 35.7 Å².